The van der Waals surface area contributed by atoms with Crippen molar-refractivity contribution in [3.8, 4) is 11.5 Å². The second-order valence-electron chi connectivity index (χ2n) is 3.53. The van der Waals surface area contributed by atoms with Crippen LogP contribution in [0, 0.1) is 10.1 Å². The summed E-state index contributed by atoms with van der Waals surface area (Å²) in [5, 5.41) is 18.0. The summed E-state index contributed by atoms with van der Waals surface area (Å²) in [6, 6.07) is 2.83. The van der Waals surface area contributed by atoms with Crippen molar-refractivity contribution in [2.75, 3.05) is 13.7 Å². The van der Waals surface area contributed by atoms with E-state index in [9.17, 15) is 10.1 Å². The van der Waals surface area contributed by atoms with Crippen molar-refractivity contribution in [1.29, 1.82) is 0 Å². The maximum Gasteiger partial charge on any atom is 0.315 e. The van der Waals surface area contributed by atoms with Crippen molar-refractivity contribution >= 4 is 17.9 Å². The van der Waals surface area contributed by atoms with E-state index in [1.54, 1.807) is 13.0 Å². The number of methoxy groups -OCH3 is 1. The predicted molar refractivity (Wildman–Crippen MR) is 74.2 cm³/mol. The molecule has 0 aliphatic carbocycles. The van der Waals surface area contributed by atoms with Crippen LogP contribution in [0.5, 0.6) is 11.5 Å². The predicted octanol–water partition coefficient (Wildman–Crippen LogP) is 0.609. The van der Waals surface area contributed by atoms with Gasteiger partial charge in [-0.15, -0.1) is 5.10 Å². The van der Waals surface area contributed by atoms with Crippen LogP contribution in [0.25, 0.3) is 0 Å². The fraction of sp³-hybridized carbons (Fsp3) is 0.273. The van der Waals surface area contributed by atoms with Crippen molar-refractivity contribution in [2.45, 2.75) is 6.92 Å². The molecule has 0 aliphatic rings. The second-order valence-corrected chi connectivity index (χ2v) is 3.53. The van der Waals surface area contributed by atoms with E-state index in [2.05, 4.69) is 10.2 Å². The summed E-state index contributed by atoms with van der Waals surface area (Å²) < 4.78 is 10.3. The SMILES string of the molecule is CCOc1cc(/C=N\N=C(N)N)cc([N+](=O)[O-])c1OC. The van der Waals surface area contributed by atoms with Gasteiger partial charge in [-0.25, -0.2) is 0 Å². The number of hydrogen-bond acceptors (Lipinski definition) is 6. The van der Waals surface area contributed by atoms with Crippen LogP contribution in [0.2, 0.25) is 0 Å². The lowest BCUT2D eigenvalue weighted by Crippen LogP contribution is -2.21. The molecular weight excluding hydrogens is 266 g/mol. The van der Waals surface area contributed by atoms with Crippen molar-refractivity contribution in [1.82, 2.24) is 0 Å². The zero-order valence-corrected chi connectivity index (χ0v) is 11.1. The van der Waals surface area contributed by atoms with Gasteiger partial charge >= 0.3 is 5.69 Å². The molecule has 0 fully saturated rings. The Morgan fingerprint density at radius 3 is 2.70 bits per heavy atom. The smallest absolute Gasteiger partial charge is 0.315 e. The van der Waals surface area contributed by atoms with Crippen LogP contribution in [0.3, 0.4) is 0 Å². The number of ether oxygens (including phenoxy) is 2. The van der Waals surface area contributed by atoms with E-state index in [0.29, 0.717) is 12.2 Å². The minimum atomic E-state index is -0.570. The number of benzene rings is 1. The molecule has 0 spiro atoms. The number of nitro groups is 1. The van der Waals surface area contributed by atoms with Gasteiger partial charge in [0.05, 0.1) is 24.9 Å². The van der Waals surface area contributed by atoms with Gasteiger partial charge in [-0.2, -0.15) is 5.10 Å². The molecule has 0 radical (unpaired) electrons. The summed E-state index contributed by atoms with van der Waals surface area (Å²) in [6.45, 7) is 2.09. The summed E-state index contributed by atoms with van der Waals surface area (Å²) in [4.78, 5) is 10.5. The summed E-state index contributed by atoms with van der Waals surface area (Å²) in [5.41, 5.74) is 10.4. The van der Waals surface area contributed by atoms with Gasteiger partial charge in [0.15, 0.2) is 5.75 Å². The lowest BCUT2D eigenvalue weighted by molar-refractivity contribution is -0.385. The average molecular weight is 281 g/mol. The molecule has 0 saturated carbocycles. The molecule has 20 heavy (non-hydrogen) atoms. The van der Waals surface area contributed by atoms with E-state index >= 15 is 0 Å². The van der Waals surface area contributed by atoms with Gasteiger partial charge in [0.25, 0.3) is 0 Å². The van der Waals surface area contributed by atoms with Crippen molar-refractivity contribution in [2.24, 2.45) is 21.7 Å². The average Bonchev–Trinajstić information content (AvgIpc) is 2.38. The zero-order valence-electron chi connectivity index (χ0n) is 11.1. The van der Waals surface area contributed by atoms with Gasteiger partial charge in [-0.05, 0) is 13.0 Å². The Morgan fingerprint density at radius 2 is 2.20 bits per heavy atom. The molecule has 0 unspecified atom stereocenters. The molecule has 0 atom stereocenters. The second kappa shape index (κ2) is 6.92. The highest BCUT2D eigenvalue weighted by molar-refractivity contribution is 5.84. The molecule has 9 heteroatoms. The van der Waals surface area contributed by atoms with Gasteiger partial charge in [0.1, 0.15) is 0 Å². The fourth-order valence-electron chi connectivity index (χ4n) is 1.45. The fourth-order valence-corrected chi connectivity index (χ4v) is 1.45. The molecule has 1 rings (SSSR count). The Kier molecular flexibility index (Phi) is 5.27. The number of nitro benzene ring substituents is 1. The van der Waals surface area contributed by atoms with E-state index < -0.39 is 4.92 Å². The highest BCUT2D eigenvalue weighted by Gasteiger charge is 2.21. The topological polar surface area (TPSA) is 138 Å². The molecule has 0 aliphatic heterocycles. The quantitative estimate of drug-likeness (QED) is 0.339. The Bertz CT molecular complexity index is 552. The van der Waals surface area contributed by atoms with Gasteiger partial charge in [0, 0.05) is 11.6 Å². The largest absolute Gasteiger partial charge is 0.490 e. The van der Waals surface area contributed by atoms with E-state index in [-0.39, 0.29) is 23.1 Å². The standard InChI is InChI=1S/C11H15N5O4/c1-3-20-9-5-7(6-14-15-11(12)13)4-8(16(17)18)10(9)19-2/h4-6H,3H2,1-2H3,(H4,12,13,15)/b14-6-. The minimum Gasteiger partial charge on any atom is -0.490 e. The molecular formula is C11H15N5O4. The van der Waals surface area contributed by atoms with Gasteiger partial charge in [-0.3, -0.25) is 10.1 Å². The van der Waals surface area contributed by atoms with Gasteiger partial charge in [-0.1, -0.05) is 0 Å². The van der Waals surface area contributed by atoms with E-state index in [4.69, 9.17) is 20.9 Å². The molecule has 0 saturated heterocycles. The summed E-state index contributed by atoms with van der Waals surface area (Å²) in [5.74, 6) is 0.0838. The third-order valence-corrected chi connectivity index (χ3v) is 2.14. The van der Waals surface area contributed by atoms with Crippen LogP contribution < -0.4 is 20.9 Å². The zero-order chi connectivity index (χ0) is 15.1. The summed E-state index contributed by atoms with van der Waals surface area (Å²) >= 11 is 0. The third-order valence-electron chi connectivity index (χ3n) is 2.14. The van der Waals surface area contributed by atoms with Crippen LogP contribution in [-0.2, 0) is 0 Å². The Labute approximate surface area is 115 Å². The van der Waals surface area contributed by atoms with Crippen LogP contribution >= 0.6 is 0 Å². The van der Waals surface area contributed by atoms with E-state index in [0.717, 1.165) is 0 Å². The number of rotatable bonds is 6. The molecule has 4 N–H and O–H groups in total. The maximum absolute atomic E-state index is 11.0. The highest BCUT2D eigenvalue weighted by Crippen LogP contribution is 2.37. The first-order chi connectivity index (χ1) is 9.49. The van der Waals surface area contributed by atoms with E-state index in [1.165, 1.54) is 19.4 Å². The molecule has 9 nitrogen and oxygen atoms in total. The monoisotopic (exact) mass is 281 g/mol. The molecule has 1 aromatic rings. The number of hydrogen-bond donors (Lipinski definition) is 2. The molecule has 1 aromatic carbocycles. The first kappa shape index (κ1) is 15.2. The number of nitrogens with zero attached hydrogens (tertiary/aromatic N) is 3. The minimum absolute atomic E-state index is 0.0517. The van der Waals surface area contributed by atoms with Crippen LogP contribution in [-0.4, -0.2) is 30.8 Å². The van der Waals surface area contributed by atoms with Gasteiger partial charge in [0.2, 0.25) is 11.7 Å². The highest BCUT2D eigenvalue weighted by atomic mass is 16.6. The summed E-state index contributed by atoms with van der Waals surface area (Å²) in [6.07, 6.45) is 1.27. The lowest BCUT2D eigenvalue weighted by atomic mass is 10.2. The van der Waals surface area contributed by atoms with E-state index in [1.807, 2.05) is 0 Å². The number of guanidine groups is 1. The Balaban J connectivity index is 3.30. The van der Waals surface area contributed by atoms with Crippen molar-refractivity contribution < 1.29 is 14.4 Å². The van der Waals surface area contributed by atoms with Crippen LogP contribution in [0.4, 0.5) is 5.69 Å². The van der Waals surface area contributed by atoms with Crippen LogP contribution in [0.15, 0.2) is 22.3 Å². The van der Waals surface area contributed by atoms with Crippen LogP contribution in [0.1, 0.15) is 12.5 Å². The summed E-state index contributed by atoms with van der Waals surface area (Å²) in [7, 11) is 1.33. The Hall–Kier alpha value is -2.84. The van der Waals surface area contributed by atoms with Gasteiger partial charge < -0.3 is 20.9 Å². The first-order valence-corrected chi connectivity index (χ1v) is 5.60. The Morgan fingerprint density at radius 1 is 1.50 bits per heavy atom. The third kappa shape index (κ3) is 3.83. The lowest BCUT2D eigenvalue weighted by Gasteiger charge is -2.10. The normalized spacial score (nSPS) is 10.3. The molecule has 0 bridgehead atoms. The first-order valence-electron chi connectivity index (χ1n) is 5.60. The number of nitrogens with two attached hydrogens (primary N) is 2. The molecule has 0 amide bonds. The maximum atomic E-state index is 11.0. The molecule has 108 valence electrons. The molecule has 0 aromatic heterocycles. The molecule has 0 heterocycles. The van der Waals surface area contributed by atoms with Crippen molar-refractivity contribution in [3.05, 3.63) is 27.8 Å². The van der Waals surface area contributed by atoms with Crippen molar-refractivity contribution in [3.63, 3.8) is 0 Å².